The fraction of sp³-hybridized carbons (Fsp3) is 0.158. The molecule has 1 heterocycles. The smallest absolute Gasteiger partial charge is 0.257 e. The molecule has 1 aromatic heterocycles. The van der Waals surface area contributed by atoms with Gasteiger partial charge in [0.15, 0.2) is 5.82 Å². The SMILES string of the molecule is Cc1ccccc1C(=O)Nc1cc(C)n(Cc2ccccc2Cl)n1. The van der Waals surface area contributed by atoms with E-state index < -0.39 is 0 Å². The van der Waals surface area contributed by atoms with E-state index >= 15 is 0 Å². The predicted octanol–water partition coefficient (Wildman–Crippen LogP) is 4.45. The van der Waals surface area contributed by atoms with Crippen LogP contribution in [0.1, 0.15) is 27.2 Å². The minimum Gasteiger partial charge on any atom is -0.305 e. The van der Waals surface area contributed by atoms with Crippen molar-refractivity contribution in [3.8, 4) is 0 Å². The lowest BCUT2D eigenvalue weighted by Gasteiger charge is -2.07. The van der Waals surface area contributed by atoms with Crippen LogP contribution in [0.25, 0.3) is 0 Å². The average molecular weight is 340 g/mol. The molecule has 0 saturated carbocycles. The quantitative estimate of drug-likeness (QED) is 0.763. The lowest BCUT2D eigenvalue weighted by molar-refractivity contribution is 0.102. The fourth-order valence-corrected chi connectivity index (χ4v) is 2.73. The zero-order valence-electron chi connectivity index (χ0n) is 13.6. The van der Waals surface area contributed by atoms with Gasteiger partial charge in [-0.1, -0.05) is 48.0 Å². The summed E-state index contributed by atoms with van der Waals surface area (Å²) in [5.74, 6) is 0.378. The standard InChI is InChI=1S/C19H18ClN3O/c1-13-7-3-5-9-16(13)19(24)21-18-11-14(2)23(22-18)12-15-8-4-6-10-17(15)20/h3-11H,12H2,1-2H3,(H,21,22,24). The maximum absolute atomic E-state index is 12.4. The largest absolute Gasteiger partial charge is 0.305 e. The van der Waals surface area contributed by atoms with E-state index in [1.54, 1.807) is 6.07 Å². The van der Waals surface area contributed by atoms with Gasteiger partial charge in [-0.15, -0.1) is 0 Å². The van der Waals surface area contributed by atoms with Crippen molar-refractivity contribution in [3.63, 3.8) is 0 Å². The summed E-state index contributed by atoms with van der Waals surface area (Å²) in [5.41, 5.74) is 3.52. The maximum atomic E-state index is 12.4. The van der Waals surface area contributed by atoms with Crippen LogP contribution in [-0.2, 0) is 6.54 Å². The van der Waals surface area contributed by atoms with E-state index in [1.807, 2.05) is 67.1 Å². The molecule has 2 aromatic carbocycles. The highest BCUT2D eigenvalue weighted by molar-refractivity contribution is 6.31. The Morgan fingerprint density at radius 1 is 1.12 bits per heavy atom. The van der Waals surface area contributed by atoms with Gasteiger partial charge in [-0.3, -0.25) is 9.48 Å². The Balaban J connectivity index is 1.78. The number of benzene rings is 2. The first-order chi connectivity index (χ1) is 11.5. The molecule has 0 atom stereocenters. The third-order valence-corrected chi connectivity index (χ3v) is 4.26. The van der Waals surface area contributed by atoms with Gasteiger partial charge in [0, 0.05) is 22.3 Å². The van der Waals surface area contributed by atoms with Gasteiger partial charge in [0.05, 0.1) is 6.54 Å². The van der Waals surface area contributed by atoms with Gasteiger partial charge < -0.3 is 5.32 Å². The zero-order chi connectivity index (χ0) is 17.1. The third-order valence-electron chi connectivity index (χ3n) is 3.89. The number of carbonyl (C=O) groups is 1. The second-order valence-electron chi connectivity index (χ2n) is 5.69. The molecular weight excluding hydrogens is 322 g/mol. The first-order valence-electron chi connectivity index (χ1n) is 7.69. The number of nitrogens with one attached hydrogen (secondary N) is 1. The van der Waals surface area contributed by atoms with Gasteiger partial charge in [-0.25, -0.2) is 0 Å². The van der Waals surface area contributed by atoms with Crippen molar-refractivity contribution in [2.24, 2.45) is 0 Å². The number of rotatable bonds is 4. The van der Waals surface area contributed by atoms with Crippen molar-refractivity contribution in [3.05, 3.63) is 82.0 Å². The lowest BCUT2D eigenvalue weighted by atomic mass is 10.1. The van der Waals surface area contributed by atoms with Crippen molar-refractivity contribution in [1.29, 1.82) is 0 Å². The molecule has 1 N–H and O–H groups in total. The van der Waals surface area contributed by atoms with Crippen LogP contribution in [0.2, 0.25) is 5.02 Å². The molecule has 4 nitrogen and oxygen atoms in total. The zero-order valence-corrected chi connectivity index (χ0v) is 14.3. The Labute approximate surface area is 146 Å². The van der Waals surface area contributed by atoms with E-state index in [1.165, 1.54) is 0 Å². The molecule has 0 unspecified atom stereocenters. The highest BCUT2D eigenvalue weighted by atomic mass is 35.5. The molecule has 0 radical (unpaired) electrons. The Morgan fingerprint density at radius 3 is 2.58 bits per heavy atom. The fourth-order valence-electron chi connectivity index (χ4n) is 2.53. The maximum Gasteiger partial charge on any atom is 0.257 e. The molecule has 1 amide bonds. The van der Waals surface area contributed by atoms with Crippen molar-refractivity contribution in [1.82, 2.24) is 9.78 Å². The first-order valence-corrected chi connectivity index (χ1v) is 8.07. The molecule has 24 heavy (non-hydrogen) atoms. The van der Waals surface area contributed by atoms with Crippen LogP contribution < -0.4 is 5.32 Å². The minimum atomic E-state index is -0.157. The van der Waals surface area contributed by atoms with Gasteiger partial charge in [-0.2, -0.15) is 5.10 Å². The highest BCUT2D eigenvalue weighted by Crippen LogP contribution is 2.18. The van der Waals surface area contributed by atoms with Crippen molar-refractivity contribution in [2.45, 2.75) is 20.4 Å². The van der Waals surface area contributed by atoms with E-state index in [2.05, 4.69) is 10.4 Å². The minimum absolute atomic E-state index is 0.157. The molecule has 5 heteroatoms. The number of aromatic nitrogens is 2. The normalized spacial score (nSPS) is 10.6. The molecule has 0 saturated heterocycles. The van der Waals surface area contributed by atoms with Crippen LogP contribution in [0.4, 0.5) is 5.82 Å². The number of hydrogen-bond acceptors (Lipinski definition) is 2. The molecule has 0 spiro atoms. The van der Waals surface area contributed by atoms with Crippen LogP contribution in [0, 0.1) is 13.8 Å². The number of nitrogens with zero attached hydrogens (tertiary/aromatic N) is 2. The van der Waals surface area contributed by atoms with Gasteiger partial charge in [0.2, 0.25) is 0 Å². The lowest BCUT2D eigenvalue weighted by Crippen LogP contribution is -2.14. The van der Waals surface area contributed by atoms with Crippen LogP contribution in [0.5, 0.6) is 0 Å². The van der Waals surface area contributed by atoms with Crippen LogP contribution in [-0.4, -0.2) is 15.7 Å². The van der Waals surface area contributed by atoms with Gasteiger partial charge >= 0.3 is 0 Å². The number of amides is 1. The third kappa shape index (κ3) is 3.49. The van der Waals surface area contributed by atoms with E-state index in [4.69, 9.17) is 11.6 Å². The highest BCUT2D eigenvalue weighted by Gasteiger charge is 2.12. The Hall–Kier alpha value is -2.59. The number of halogens is 1. The molecule has 0 fully saturated rings. The number of carbonyl (C=O) groups excluding carboxylic acids is 1. The van der Waals surface area contributed by atoms with Crippen LogP contribution in [0.15, 0.2) is 54.6 Å². The second-order valence-corrected chi connectivity index (χ2v) is 6.10. The molecule has 0 aliphatic rings. The Kier molecular flexibility index (Phi) is 4.67. The summed E-state index contributed by atoms with van der Waals surface area (Å²) in [6, 6.07) is 17.0. The Morgan fingerprint density at radius 2 is 1.83 bits per heavy atom. The number of hydrogen-bond donors (Lipinski definition) is 1. The van der Waals surface area contributed by atoms with E-state index in [0.29, 0.717) is 22.9 Å². The Bertz CT molecular complexity index is 886. The predicted molar refractivity (Wildman–Crippen MR) is 96.7 cm³/mol. The number of anilines is 1. The van der Waals surface area contributed by atoms with Crippen molar-refractivity contribution >= 4 is 23.3 Å². The van der Waals surface area contributed by atoms with Gasteiger partial charge in [0.1, 0.15) is 0 Å². The summed E-state index contributed by atoms with van der Waals surface area (Å²) in [7, 11) is 0. The summed E-state index contributed by atoms with van der Waals surface area (Å²) in [6.07, 6.45) is 0. The van der Waals surface area contributed by atoms with Gasteiger partial charge in [0.25, 0.3) is 5.91 Å². The van der Waals surface area contributed by atoms with Gasteiger partial charge in [-0.05, 0) is 37.1 Å². The first kappa shape index (κ1) is 16.3. The topological polar surface area (TPSA) is 46.9 Å². The summed E-state index contributed by atoms with van der Waals surface area (Å²) in [5, 5.41) is 8.03. The molecule has 0 aliphatic heterocycles. The monoisotopic (exact) mass is 339 g/mol. The molecule has 3 rings (SSSR count). The summed E-state index contributed by atoms with van der Waals surface area (Å²) < 4.78 is 1.83. The van der Waals surface area contributed by atoms with E-state index in [0.717, 1.165) is 16.8 Å². The average Bonchev–Trinajstić information content (AvgIpc) is 2.89. The second kappa shape index (κ2) is 6.89. The molecular formula is C19H18ClN3O. The summed E-state index contributed by atoms with van der Waals surface area (Å²) in [6.45, 7) is 4.43. The van der Waals surface area contributed by atoms with Crippen molar-refractivity contribution in [2.75, 3.05) is 5.32 Å². The molecule has 0 aliphatic carbocycles. The molecule has 3 aromatic rings. The summed E-state index contributed by atoms with van der Waals surface area (Å²) in [4.78, 5) is 12.4. The van der Waals surface area contributed by atoms with Crippen LogP contribution in [0.3, 0.4) is 0 Å². The van der Waals surface area contributed by atoms with E-state index in [-0.39, 0.29) is 5.91 Å². The van der Waals surface area contributed by atoms with Crippen molar-refractivity contribution < 1.29 is 4.79 Å². The van der Waals surface area contributed by atoms with Crippen LogP contribution >= 0.6 is 11.6 Å². The number of aryl methyl sites for hydroxylation is 2. The molecule has 0 bridgehead atoms. The van der Waals surface area contributed by atoms with E-state index in [9.17, 15) is 4.79 Å². The summed E-state index contributed by atoms with van der Waals surface area (Å²) >= 11 is 6.20. The molecule has 122 valence electrons.